The maximum Gasteiger partial charge on any atom is 0.416 e. The van der Waals surface area contributed by atoms with E-state index < -0.39 is 28.9 Å². The number of ether oxygens (including phenoxy) is 1. The molecule has 9 heteroatoms. The van der Waals surface area contributed by atoms with Crippen molar-refractivity contribution in [3.63, 3.8) is 0 Å². The topological polar surface area (TPSA) is 73.2 Å². The maximum atomic E-state index is 13.2. The number of fused-ring (bicyclic) bond motifs is 1. The van der Waals surface area contributed by atoms with Gasteiger partial charge in [-0.2, -0.15) is 13.2 Å². The second-order valence-electron chi connectivity index (χ2n) is 7.17. The zero-order chi connectivity index (χ0) is 23.6. The molecule has 168 valence electrons. The fourth-order valence-electron chi connectivity index (χ4n) is 3.37. The van der Waals surface area contributed by atoms with Gasteiger partial charge in [-0.05, 0) is 48.0 Å². The number of rotatable bonds is 5. The minimum Gasteiger partial charge on any atom is -0.497 e. The first-order chi connectivity index (χ1) is 15.8. The Labute approximate surface area is 186 Å². The largest absolute Gasteiger partial charge is 0.497 e. The second-order valence-corrected chi connectivity index (χ2v) is 7.17. The fourth-order valence-corrected chi connectivity index (χ4v) is 3.37. The summed E-state index contributed by atoms with van der Waals surface area (Å²) in [7, 11) is 1.54. The Hall–Kier alpha value is -4.14. The first-order valence-electron chi connectivity index (χ1n) is 9.88. The van der Waals surface area contributed by atoms with E-state index in [-0.39, 0.29) is 17.7 Å². The molecule has 0 aliphatic carbocycles. The van der Waals surface area contributed by atoms with Crippen LogP contribution in [0.1, 0.15) is 21.6 Å². The van der Waals surface area contributed by atoms with Gasteiger partial charge in [-0.25, -0.2) is 4.98 Å². The third-order valence-electron chi connectivity index (χ3n) is 5.02. The maximum absolute atomic E-state index is 13.2. The first kappa shape index (κ1) is 22.1. The summed E-state index contributed by atoms with van der Waals surface area (Å²) in [6.45, 7) is 0.125. The van der Waals surface area contributed by atoms with Gasteiger partial charge in [0.2, 0.25) is 0 Å². The van der Waals surface area contributed by atoms with Crippen molar-refractivity contribution in [3.05, 3.63) is 100.0 Å². The number of nitrogens with zero attached hydrogens (tertiary/aromatic N) is 2. The van der Waals surface area contributed by atoms with E-state index in [0.29, 0.717) is 11.3 Å². The third kappa shape index (κ3) is 4.57. The molecule has 1 amide bonds. The number of nitrogens with one attached hydrogen (secondary N) is 1. The highest BCUT2D eigenvalue weighted by Gasteiger charge is 2.31. The van der Waals surface area contributed by atoms with Crippen molar-refractivity contribution in [3.8, 4) is 11.4 Å². The van der Waals surface area contributed by atoms with Crippen molar-refractivity contribution in [2.45, 2.75) is 12.7 Å². The highest BCUT2D eigenvalue weighted by molar-refractivity contribution is 5.94. The Morgan fingerprint density at radius 1 is 1.03 bits per heavy atom. The number of alkyl halides is 3. The van der Waals surface area contributed by atoms with Crippen LogP contribution in [0.25, 0.3) is 16.7 Å². The van der Waals surface area contributed by atoms with E-state index in [2.05, 4.69) is 10.3 Å². The van der Waals surface area contributed by atoms with E-state index >= 15 is 0 Å². The molecule has 1 aromatic heterocycles. The molecule has 0 atom stereocenters. The van der Waals surface area contributed by atoms with Gasteiger partial charge in [0, 0.05) is 12.2 Å². The number of hydrogen-bond donors (Lipinski definition) is 1. The Morgan fingerprint density at radius 2 is 1.76 bits per heavy atom. The molecule has 0 radical (unpaired) electrons. The minimum absolute atomic E-state index is 0.0161. The highest BCUT2D eigenvalue weighted by Crippen LogP contribution is 2.30. The summed E-state index contributed by atoms with van der Waals surface area (Å²) >= 11 is 0. The van der Waals surface area contributed by atoms with Gasteiger partial charge in [0.25, 0.3) is 11.5 Å². The number of methoxy groups -OCH3 is 1. The van der Waals surface area contributed by atoms with Gasteiger partial charge in [-0.15, -0.1) is 0 Å². The van der Waals surface area contributed by atoms with E-state index in [1.54, 1.807) is 48.5 Å². The number of para-hydroxylation sites is 2. The predicted molar refractivity (Wildman–Crippen MR) is 117 cm³/mol. The van der Waals surface area contributed by atoms with Gasteiger partial charge in [0.15, 0.2) is 5.69 Å². The van der Waals surface area contributed by atoms with Crippen molar-refractivity contribution in [2.24, 2.45) is 0 Å². The Balaban J connectivity index is 1.75. The molecule has 1 heterocycles. The van der Waals surface area contributed by atoms with Crippen LogP contribution in [0.15, 0.2) is 77.6 Å². The number of hydrogen-bond acceptors (Lipinski definition) is 4. The number of carbonyl (C=O) groups excluding carboxylic acids is 1. The third-order valence-corrected chi connectivity index (χ3v) is 5.02. The molecule has 0 aliphatic heterocycles. The first-order valence-corrected chi connectivity index (χ1v) is 9.88. The van der Waals surface area contributed by atoms with Gasteiger partial charge < -0.3 is 10.1 Å². The average Bonchev–Trinajstić information content (AvgIpc) is 2.82. The van der Waals surface area contributed by atoms with Crippen LogP contribution < -0.4 is 15.6 Å². The molecule has 6 nitrogen and oxygen atoms in total. The molecule has 0 spiro atoms. The van der Waals surface area contributed by atoms with Gasteiger partial charge in [0.05, 0.1) is 23.7 Å². The molecule has 0 saturated heterocycles. The second kappa shape index (κ2) is 8.78. The lowest BCUT2D eigenvalue weighted by atomic mass is 10.1. The zero-order valence-electron chi connectivity index (χ0n) is 17.4. The SMILES string of the molecule is COc1ccc(CNC(=O)c2nc3ccccc3n(-c3cccc(C(F)(F)F)c3)c2=O)cc1. The summed E-state index contributed by atoms with van der Waals surface area (Å²) in [5.41, 5.74) is -0.809. The van der Waals surface area contributed by atoms with Crippen molar-refractivity contribution in [1.29, 1.82) is 0 Å². The number of carbonyl (C=O) groups is 1. The van der Waals surface area contributed by atoms with E-state index in [0.717, 1.165) is 22.3 Å². The summed E-state index contributed by atoms with van der Waals surface area (Å²) in [4.78, 5) is 30.2. The number of halogens is 3. The molecule has 3 aromatic carbocycles. The van der Waals surface area contributed by atoms with Crippen LogP contribution in [0.2, 0.25) is 0 Å². The normalized spacial score (nSPS) is 11.4. The summed E-state index contributed by atoms with van der Waals surface area (Å²) < 4.78 is 45.9. The van der Waals surface area contributed by atoms with E-state index in [1.807, 2.05) is 0 Å². The molecule has 4 rings (SSSR count). The van der Waals surface area contributed by atoms with E-state index in [1.165, 1.54) is 19.2 Å². The predicted octanol–water partition coefficient (Wildman–Crippen LogP) is 4.34. The summed E-state index contributed by atoms with van der Waals surface area (Å²) in [6.07, 6.45) is -4.58. The lowest BCUT2D eigenvalue weighted by molar-refractivity contribution is -0.137. The Bertz CT molecular complexity index is 1380. The van der Waals surface area contributed by atoms with Crippen LogP contribution in [0, 0.1) is 0 Å². The van der Waals surface area contributed by atoms with Crippen LogP contribution >= 0.6 is 0 Å². The highest BCUT2D eigenvalue weighted by atomic mass is 19.4. The molecule has 0 saturated carbocycles. The van der Waals surface area contributed by atoms with E-state index in [9.17, 15) is 22.8 Å². The van der Waals surface area contributed by atoms with Crippen molar-refractivity contribution in [1.82, 2.24) is 14.9 Å². The molecule has 0 aliphatic rings. The Kier molecular flexibility index (Phi) is 5.87. The number of benzene rings is 3. The molecule has 0 fully saturated rings. The number of aromatic nitrogens is 2. The fraction of sp³-hybridized carbons (Fsp3) is 0.125. The van der Waals surface area contributed by atoms with Crippen LogP contribution in [-0.2, 0) is 12.7 Å². The van der Waals surface area contributed by atoms with E-state index in [4.69, 9.17) is 4.74 Å². The average molecular weight is 453 g/mol. The van der Waals surface area contributed by atoms with Crippen molar-refractivity contribution < 1.29 is 22.7 Å². The molecular formula is C24H18F3N3O3. The monoisotopic (exact) mass is 453 g/mol. The van der Waals surface area contributed by atoms with Gasteiger partial charge in [0.1, 0.15) is 5.75 Å². The van der Waals surface area contributed by atoms with Gasteiger partial charge in [-0.1, -0.05) is 30.3 Å². The minimum atomic E-state index is -4.58. The Morgan fingerprint density at radius 3 is 2.45 bits per heavy atom. The van der Waals surface area contributed by atoms with Gasteiger partial charge in [-0.3, -0.25) is 14.2 Å². The smallest absolute Gasteiger partial charge is 0.416 e. The summed E-state index contributed by atoms with van der Waals surface area (Å²) in [5, 5.41) is 2.64. The molecule has 1 N–H and O–H groups in total. The summed E-state index contributed by atoms with van der Waals surface area (Å²) in [6, 6.07) is 17.8. The molecule has 4 aromatic rings. The quantitative estimate of drug-likeness (QED) is 0.488. The molecule has 0 bridgehead atoms. The standard InChI is InChI=1S/C24H18F3N3O3/c1-33-18-11-9-15(10-12-18)14-28-22(31)21-23(32)30(20-8-3-2-7-19(20)29-21)17-6-4-5-16(13-17)24(25,26)27/h2-13H,14H2,1H3,(H,28,31). The molecule has 0 unspecified atom stereocenters. The molecule has 33 heavy (non-hydrogen) atoms. The van der Waals surface area contributed by atoms with Crippen LogP contribution in [0.4, 0.5) is 13.2 Å². The van der Waals surface area contributed by atoms with Crippen molar-refractivity contribution >= 4 is 16.9 Å². The van der Waals surface area contributed by atoms with Crippen LogP contribution in [-0.4, -0.2) is 22.6 Å². The number of amides is 1. The molecular weight excluding hydrogens is 435 g/mol. The van der Waals surface area contributed by atoms with Crippen LogP contribution in [0.5, 0.6) is 5.75 Å². The van der Waals surface area contributed by atoms with Gasteiger partial charge >= 0.3 is 6.18 Å². The van der Waals surface area contributed by atoms with Crippen molar-refractivity contribution in [2.75, 3.05) is 7.11 Å². The lowest BCUT2D eigenvalue weighted by Crippen LogP contribution is -2.34. The zero-order valence-corrected chi connectivity index (χ0v) is 17.4. The lowest BCUT2D eigenvalue weighted by Gasteiger charge is -2.14. The van der Waals surface area contributed by atoms with Crippen LogP contribution in [0.3, 0.4) is 0 Å². The summed E-state index contributed by atoms with van der Waals surface area (Å²) in [5.74, 6) is -0.0763.